The Hall–Kier alpha value is -2.41. The van der Waals surface area contributed by atoms with Crippen LogP contribution in [-0.4, -0.2) is 35.5 Å². The van der Waals surface area contributed by atoms with Crippen molar-refractivity contribution in [2.75, 3.05) is 19.7 Å². The molecule has 0 amide bonds. The molecule has 1 aromatic heterocycles. The fourth-order valence-corrected chi connectivity index (χ4v) is 3.91. The molecule has 2 heterocycles. The summed E-state index contributed by atoms with van der Waals surface area (Å²) in [6.07, 6.45) is -1.79. The molecule has 0 radical (unpaired) electrons. The van der Waals surface area contributed by atoms with Crippen molar-refractivity contribution < 1.29 is 22.7 Å². The SMILES string of the molecule is CCOC(=O)C1(Cc2ccccc2C(F)(F)F)CCN(Cc2ccccn2)CC1. The maximum absolute atomic E-state index is 13.4. The lowest BCUT2D eigenvalue weighted by Gasteiger charge is -2.40. The number of ether oxygens (including phenoxy) is 1. The van der Waals surface area contributed by atoms with Gasteiger partial charge in [-0.2, -0.15) is 13.2 Å². The number of piperidine rings is 1. The van der Waals surface area contributed by atoms with Crippen molar-refractivity contribution in [3.8, 4) is 0 Å². The predicted molar refractivity (Wildman–Crippen MR) is 103 cm³/mol. The fourth-order valence-electron chi connectivity index (χ4n) is 3.91. The van der Waals surface area contributed by atoms with Gasteiger partial charge in [-0.1, -0.05) is 24.3 Å². The van der Waals surface area contributed by atoms with Crippen LogP contribution >= 0.6 is 0 Å². The van der Waals surface area contributed by atoms with Crippen LogP contribution < -0.4 is 0 Å². The number of carbonyl (C=O) groups is 1. The molecule has 3 rings (SSSR count). The first-order chi connectivity index (χ1) is 13.8. The summed E-state index contributed by atoms with van der Waals surface area (Å²) in [6.45, 7) is 3.77. The van der Waals surface area contributed by atoms with E-state index in [-0.39, 0.29) is 18.6 Å². The van der Waals surface area contributed by atoms with Crippen LogP contribution in [0, 0.1) is 5.41 Å². The second kappa shape index (κ2) is 8.95. The zero-order chi connectivity index (χ0) is 20.9. The van der Waals surface area contributed by atoms with Gasteiger partial charge in [-0.05, 0) is 63.0 Å². The van der Waals surface area contributed by atoms with Gasteiger partial charge in [-0.15, -0.1) is 0 Å². The van der Waals surface area contributed by atoms with Crippen LogP contribution in [0.1, 0.15) is 36.6 Å². The zero-order valence-electron chi connectivity index (χ0n) is 16.4. The molecule has 0 N–H and O–H groups in total. The van der Waals surface area contributed by atoms with Crippen LogP contribution in [0.5, 0.6) is 0 Å². The molecule has 1 aliphatic rings. The molecule has 1 aliphatic heterocycles. The Morgan fingerprint density at radius 3 is 2.45 bits per heavy atom. The van der Waals surface area contributed by atoms with E-state index in [1.807, 2.05) is 18.2 Å². The minimum absolute atomic E-state index is 0.0267. The lowest BCUT2D eigenvalue weighted by molar-refractivity contribution is -0.159. The second-order valence-corrected chi connectivity index (χ2v) is 7.43. The van der Waals surface area contributed by atoms with Gasteiger partial charge < -0.3 is 4.74 Å². The van der Waals surface area contributed by atoms with Crippen LogP contribution in [0.2, 0.25) is 0 Å². The number of alkyl halides is 3. The molecule has 0 spiro atoms. The highest BCUT2D eigenvalue weighted by Gasteiger charge is 2.44. The van der Waals surface area contributed by atoms with Gasteiger partial charge >= 0.3 is 12.1 Å². The summed E-state index contributed by atoms with van der Waals surface area (Å²) in [5, 5.41) is 0. The minimum atomic E-state index is -4.45. The Balaban J connectivity index is 1.79. The van der Waals surface area contributed by atoms with Crippen LogP contribution in [0.25, 0.3) is 0 Å². The van der Waals surface area contributed by atoms with Gasteiger partial charge in [0.05, 0.1) is 23.3 Å². The molecule has 2 aromatic rings. The molecule has 7 heteroatoms. The molecule has 156 valence electrons. The van der Waals surface area contributed by atoms with Crippen molar-refractivity contribution in [3.05, 3.63) is 65.5 Å². The molecule has 4 nitrogen and oxygen atoms in total. The average molecular weight is 406 g/mol. The quantitative estimate of drug-likeness (QED) is 0.663. The maximum Gasteiger partial charge on any atom is 0.416 e. The van der Waals surface area contributed by atoms with Crippen molar-refractivity contribution in [1.29, 1.82) is 0 Å². The van der Waals surface area contributed by atoms with E-state index in [2.05, 4.69) is 9.88 Å². The Morgan fingerprint density at radius 1 is 1.14 bits per heavy atom. The summed E-state index contributed by atoms with van der Waals surface area (Å²) < 4.78 is 45.6. The normalized spacial score (nSPS) is 17.1. The third-order valence-electron chi connectivity index (χ3n) is 5.48. The van der Waals surface area contributed by atoms with Gasteiger partial charge in [0.25, 0.3) is 0 Å². The van der Waals surface area contributed by atoms with E-state index in [4.69, 9.17) is 4.74 Å². The molecule has 0 unspecified atom stereocenters. The Bertz CT molecular complexity index is 816. The summed E-state index contributed by atoms with van der Waals surface area (Å²) >= 11 is 0. The highest BCUT2D eigenvalue weighted by atomic mass is 19.4. The van der Waals surface area contributed by atoms with E-state index in [1.165, 1.54) is 12.1 Å². The molecular formula is C22H25F3N2O2. The number of pyridine rings is 1. The van der Waals surface area contributed by atoms with Crippen LogP contribution in [0.15, 0.2) is 48.7 Å². The first-order valence-corrected chi connectivity index (χ1v) is 9.79. The summed E-state index contributed by atoms with van der Waals surface area (Å²) in [4.78, 5) is 19.3. The Labute approximate surface area is 168 Å². The summed E-state index contributed by atoms with van der Waals surface area (Å²) in [6, 6.07) is 11.2. The molecule has 1 fully saturated rings. The molecule has 0 atom stereocenters. The topological polar surface area (TPSA) is 42.4 Å². The van der Waals surface area contributed by atoms with E-state index < -0.39 is 23.1 Å². The number of hydrogen-bond acceptors (Lipinski definition) is 4. The fraction of sp³-hybridized carbons (Fsp3) is 0.455. The van der Waals surface area contributed by atoms with Gasteiger partial charge in [0.2, 0.25) is 0 Å². The number of halogens is 3. The lowest BCUT2D eigenvalue weighted by Crippen LogP contribution is -2.46. The van der Waals surface area contributed by atoms with Crippen molar-refractivity contribution in [2.45, 2.75) is 38.9 Å². The van der Waals surface area contributed by atoms with Gasteiger partial charge in [0.15, 0.2) is 0 Å². The standard InChI is InChI=1S/C22H25F3N2O2/c1-2-29-20(28)21(15-17-7-3-4-9-19(17)22(23,24)25)10-13-27(14-11-21)16-18-8-5-6-12-26-18/h3-9,12H,2,10-11,13-16H2,1H3. The largest absolute Gasteiger partial charge is 0.466 e. The van der Waals surface area contributed by atoms with E-state index in [1.54, 1.807) is 19.2 Å². The third kappa shape index (κ3) is 5.15. The number of rotatable bonds is 6. The predicted octanol–water partition coefficient (Wildman–Crippen LogP) is 4.49. The van der Waals surface area contributed by atoms with Crippen molar-refractivity contribution in [3.63, 3.8) is 0 Å². The van der Waals surface area contributed by atoms with Gasteiger partial charge in [0, 0.05) is 12.7 Å². The minimum Gasteiger partial charge on any atom is -0.466 e. The van der Waals surface area contributed by atoms with E-state index >= 15 is 0 Å². The maximum atomic E-state index is 13.4. The van der Waals surface area contributed by atoms with E-state index in [0.29, 0.717) is 32.5 Å². The highest BCUT2D eigenvalue weighted by molar-refractivity contribution is 5.77. The lowest BCUT2D eigenvalue weighted by atomic mass is 9.73. The number of carbonyl (C=O) groups excluding carboxylic acids is 1. The van der Waals surface area contributed by atoms with Crippen LogP contribution in [0.4, 0.5) is 13.2 Å². The Morgan fingerprint density at radius 2 is 1.83 bits per heavy atom. The molecule has 0 bridgehead atoms. The van der Waals surface area contributed by atoms with Crippen molar-refractivity contribution >= 4 is 5.97 Å². The number of benzene rings is 1. The summed E-state index contributed by atoms with van der Waals surface area (Å²) in [5.41, 5.74) is -0.554. The van der Waals surface area contributed by atoms with Crippen molar-refractivity contribution in [1.82, 2.24) is 9.88 Å². The molecular weight excluding hydrogens is 381 g/mol. The van der Waals surface area contributed by atoms with Crippen LogP contribution in [-0.2, 0) is 28.7 Å². The number of esters is 1. The zero-order valence-corrected chi connectivity index (χ0v) is 16.4. The molecule has 1 aromatic carbocycles. The number of hydrogen-bond donors (Lipinski definition) is 0. The molecule has 0 aliphatic carbocycles. The number of nitrogens with zero attached hydrogens (tertiary/aromatic N) is 2. The number of aromatic nitrogens is 1. The number of likely N-dealkylation sites (tertiary alicyclic amines) is 1. The third-order valence-corrected chi connectivity index (χ3v) is 5.48. The van der Waals surface area contributed by atoms with E-state index in [9.17, 15) is 18.0 Å². The summed E-state index contributed by atoms with van der Waals surface area (Å²) in [5.74, 6) is -0.408. The first-order valence-electron chi connectivity index (χ1n) is 9.79. The molecule has 29 heavy (non-hydrogen) atoms. The highest BCUT2D eigenvalue weighted by Crippen LogP contribution is 2.40. The van der Waals surface area contributed by atoms with E-state index in [0.717, 1.165) is 11.8 Å². The Kier molecular flexibility index (Phi) is 6.57. The smallest absolute Gasteiger partial charge is 0.416 e. The first kappa shape index (κ1) is 21.3. The van der Waals surface area contributed by atoms with Gasteiger partial charge in [0.1, 0.15) is 0 Å². The monoisotopic (exact) mass is 406 g/mol. The van der Waals surface area contributed by atoms with Crippen LogP contribution in [0.3, 0.4) is 0 Å². The molecule has 0 saturated carbocycles. The average Bonchev–Trinajstić information content (AvgIpc) is 2.70. The second-order valence-electron chi connectivity index (χ2n) is 7.43. The summed E-state index contributed by atoms with van der Waals surface area (Å²) in [7, 11) is 0. The van der Waals surface area contributed by atoms with Gasteiger partial charge in [-0.25, -0.2) is 0 Å². The molecule has 1 saturated heterocycles. The van der Waals surface area contributed by atoms with Gasteiger partial charge in [-0.3, -0.25) is 14.7 Å². The van der Waals surface area contributed by atoms with Crippen molar-refractivity contribution in [2.24, 2.45) is 5.41 Å².